The molecule has 2 N–H and O–H groups in total. The van der Waals surface area contributed by atoms with Crippen LogP contribution in [0.15, 0.2) is 29.3 Å². The maximum absolute atomic E-state index is 11.9. The molecule has 156 valence electrons. The molecule has 5 nitrogen and oxygen atoms in total. The number of nitrogens with zero attached hydrogens (tertiary/aromatic N) is 2. The van der Waals surface area contributed by atoms with E-state index in [0.717, 1.165) is 31.9 Å². The first kappa shape index (κ1) is 22.3. The summed E-state index contributed by atoms with van der Waals surface area (Å²) in [6.07, 6.45) is 3.97. The monoisotopic (exact) mass is 386 g/mol. The third kappa shape index (κ3) is 7.91. The van der Waals surface area contributed by atoms with Crippen LogP contribution in [0.4, 0.5) is 0 Å². The van der Waals surface area contributed by atoms with Gasteiger partial charge < -0.3 is 15.5 Å². The summed E-state index contributed by atoms with van der Waals surface area (Å²) in [7, 11) is 0. The van der Waals surface area contributed by atoms with Crippen LogP contribution in [0.25, 0.3) is 0 Å². The minimum Gasteiger partial charge on any atom is -0.357 e. The van der Waals surface area contributed by atoms with Crippen molar-refractivity contribution in [3.8, 4) is 0 Å². The van der Waals surface area contributed by atoms with Crippen molar-refractivity contribution in [2.45, 2.75) is 79.4 Å². The van der Waals surface area contributed by atoms with E-state index in [9.17, 15) is 4.79 Å². The molecule has 0 bridgehead atoms. The lowest BCUT2D eigenvalue weighted by atomic mass is 9.89. The van der Waals surface area contributed by atoms with Crippen LogP contribution in [-0.2, 0) is 17.9 Å². The molecule has 1 aromatic carbocycles. The van der Waals surface area contributed by atoms with Gasteiger partial charge in [0.15, 0.2) is 5.96 Å². The first-order valence-electron chi connectivity index (χ1n) is 10.7. The van der Waals surface area contributed by atoms with E-state index in [0.29, 0.717) is 31.0 Å². The maximum atomic E-state index is 11.9. The largest absolute Gasteiger partial charge is 0.357 e. The first-order chi connectivity index (χ1) is 13.3. The van der Waals surface area contributed by atoms with Gasteiger partial charge >= 0.3 is 0 Å². The molecule has 0 aromatic heterocycles. The number of nitrogens with one attached hydrogen (secondary N) is 2. The molecule has 0 radical (unpaired) electrons. The lowest BCUT2D eigenvalue weighted by Gasteiger charge is -2.23. The van der Waals surface area contributed by atoms with Gasteiger partial charge in [-0.05, 0) is 49.7 Å². The van der Waals surface area contributed by atoms with Crippen LogP contribution in [0, 0.1) is 5.41 Å². The van der Waals surface area contributed by atoms with E-state index in [1.165, 1.54) is 17.5 Å². The quantitative estimate of drug-likeness (QED) is 0.523. The lowest BCUT2D eigenvalue weighted by Crippen LogP contribution is -2.42. The zero-order chi connectivity index (χ0) is 20.6. The average molecular weight is 387 g/mol. The zero-order valence-corrected chi connectivity index (χ0v) is 18.3. The van der Waals surface area contributed by atoms with Gasteiger partial charge in [-0.25, -0.2) is 4.99 Å². The van der Waals surface area contributed by atoms with Crippen LogP contribution >= 0.6 is 0 Å². The van der Waals surface area contributed by atoms with Gasteiger partial charge in [0.1, 0.15) is 0 Å². The fourth-order valence-electron chi connectivity index (χ4n) is 3.36. The predicted octanol–water partition coefficient (Wildman–Crippen LogP) is 4.08. The number of rotatable bonds is 8. The minimum absolute atomic E-state index is 0.270. The lowest BCUT2D eigenvalue weighted by molar-refractivity contribution is -0.128. The van der Waals surface area contributed by atoms with Gasteiger partial charge in [0.05, 0.1) is 6.54 Å². The number of hydrogen-bond acceptors (Lipinski definition) is 2. The molecule has 5 heteroatoms. The Balaban J connectivity index is 1.94. The summed E-state index contributed by atoms with van der Waals surface area (Å²) in [6, 6.07) is 8.81. The van der Waals surface area contributed by atoms with Crippen LogP contribution in [0.1, 0.15) is 71.4 Å². The fourth-order valence-corrected chi connectivity index (χ4v) is 3.36. The number of carbonyl (C=O) groups excluding carboxylic acids is 1. The average Bonchev–Trinajstić information content (AvgIpc) is 3.03. The summed E-state index contributed by atoms with van der Waals surface area (Å²) in [4.78, 5) is 18.6. The summed E-state index contributed by atoms with van der Waals surface area (Å²) < 4.78 is 0. The Morgan fingerprint density at radius 2 is 2.04 bits per heavy atom. The molecule has 1 atom stereocenters. The number of guanidine groups is 1. The number of benzene rings is 1. The van der Waals surface area contributed by atoms with Gasteiger partial charge in [0.25, 0.3) is 0 Å². The first-order valence-corrected chi connectivity index (χ1v) is 10.7. The van der Waals surface area contributed by atoms with Crippen molar-refractivity contribution in [3.63, 3.8) is 0 Å². The zero-order valence-electron chi connectivity index (χ0n) is 18.3. The molecule has 1 aliphatic heterocycles. The Morgan fingerprint density at radius 3 is 2.68 bits per heavy atom. The Bertz CT molecular complexity index is 663. The van der Waals surface area contributed by atoms with Crippen molar-refractivity contribution in [2.24, 2.45) is 10.4 Å². The highest BCUT2D eigenvalue weighted by Gasteiger charge is 2.20. The number of hydrogen-bond donors (Lipinski definition) is 2. The van der Waals surface area contributed by atoms with Crippen molar-refractivity contribution in [2.75, 3.05) is 13.1 Å². The molecule has 0 saturated carbocycles. The van der Waals surface area contributed by atoms with E-state index in [4.69, 9.17) is 4.99 Å². The van der Waals surface area contributed by atoms with E-state index in [-0.39, 0.29) is 5.91 Å². The molecule has 28 heavy (non-hydrogen) atoms. The van der Waals surface area contributed by atoms with E-state index in [1.54, 1.807) is 0 Å². The second-order valence-electron chi connectivity index (χ2n) is 9.08. The SMILES string of the molecule is CCNC(=NCc1cccc(CN2CCCC2=O)c1)NC(C)CCC(C)(C)C. The normalized spacial score (nSPS) is 16.4. The standard InChI is InChI=1S/C23H38N4O/c1-6-24-22(26-18(2)12-13-23(3,4)5)25-16-19-9-7-10-20(15-19)17-27-14-8-11-21(27)28/h7,9-10,15,18H,6,8,11-14,16-17H2,1-5H3,(H2,24,25,26). The van der Waals surface area contributed by atoms with Crippen LogP contribution in [0.2, 0.25) is 0 Å². The topological polar surface area (TPSA) is 56.7 Å². The summed E-state index contributed by atoms with van der Waals surface area (Å²) in [6.45, 7) is 14.2. The predicted molar refractivity (Wildman–Crippen MR) is 117 cm³/mol. The third-order valence-electron chi connectivity index (χ3n) is 5.01. The van der Waals surface area contributed by atoms with Gasteiger partial charge in [-0.1, -0.05) is 45.0 Å². The van der Waals surface area contributed by atoms with Crippen LogP contribution in [0.3, 0.4) is 0 Å². The van der Waals surface area contributed by atoms with Crippen molar-refractivity contribution in [1.82, 2.24) is 15.5 Å². The Labute approximate surface area is 171 Å². The van der Waals surface area contributed by atoms with E-state index >= 15 is 0 Å². The van der Waals surface area contributed by atoms with Gasteiger partial charge in [-0.15, -0.1) is 0 Å². The number of aliphatic imine (C=N–C) groups is 1. The Morgan fingerprint density at radius 1 is 1.29 bits per heavy atom. The molecule has 1 saturated heterocycles. The highest BCUT2D eigenvalue weighted by molar-refractivity contribution is 5.80. The molecule has 0 spiro atoms. The van der Waals surface area contributed by atoms with Gasteiger partial charge in [0, 0.05) is 32.1 Å². The van der Waals surface area contributed by atoms with Crippen molar-refractivity contribution in [1.29, 1.82) is 0 Å². The Hall–Kier alpha value is -2.04. The molecule has 1 fully saturated rings. The molecule has 1 heterocycles. The molecule has 1 unspecified atom stereocenters. The van der Waals surface area contributed by atoms with Crippen molar-refractivity contribution >= 4 is 11.9 Å². The molecule has 2 rings (SSSR count). The fraction of sp³-hybridized carbons (Fsp3) is 0.652. The van der Waals surface area contributed by atoms with Crippen molar-refractivity contribution < 1.29 is 4.79 Å². The molecule has 1 amide bonds. The number of carbonyl (C=O) groups is 1. The van der Waals surface area contributed by atoms with Crippen LogP contribution < -0.4 is 10.6 Å². The maximum Gasteiger partial charge on any atom is 0.222 e. The van der Waals surface area contributed by atoms with E-state index in [2.05, 4.69) is 69.5 Å². The summed E-state index contributed by atoms with van der Waals surface area (Å²) in [5.74, 6) is 1.13. The van der Waals surface area contributed by atoms with Crippen molar-refractivity contribution in [3.05, 3.63) is 35.4 Å². The minimum atomic E-state index is 0.270. The summed E-state index contributed by atoms with van der Waals surface area (Å²) in [5.41, 5.74) is 2.70. The molecular formula is C23H38N4O. The van der Waals surface area contributed by atoms with E-state index < -0.39 is 0 Å². The summed E-state index contributed by atoms with van der Waals surface area (Å²) >= 11 is 0. The van der Waals surface area contributed by atoms with E-state index in [1.807, 2.05) is 4.90 Å². The molecule has 1 aliphatic rings. The second kappa shape index (κ2) is 10.5. The molecular weight excluding hydrogens is 348 g/mol. The molecule has 1 aromatic rings. The third-order valence-corrected chi connectivity index (χ3v) is 5.01. The Kier molecular flexibility index (Phi) is 8.34. The highest BCUT2D eigenvalue weighted by Crippen LogP contribution is 2.21. The number of likely N-dealkylation sites (tertiary alicyclic amines) is 1. The van der Waals surface area contributed by atoms with Crippen LogP contribution in [-0.4, -0.2) is 35.9 Å². The molecule has 0 aliphatic carbocycles. The second-order valence-corrected chi connectivity index (χ2v) is 9.08. The van der Waals surface area contributed by atoms with Crippen LogP contribution in [0.5, 0.6) is 0 Å². The summed E-state index contributed by atoms with van der Waals surface area (Å²) in [5, 5.41) is 6.87. The highest BCUT2D eigenvalue weighted by atomic mass is 16.2. The smallest absolute Gasteiger partial charge is 0.222 e. The number of amides is 1. The van der Waals surface area contributed by atoms with Gasteiger partial charge in [0.2, 0.25) is 5.91 Å². The van der Waals surface area contributed by atoms with Gasteiger partial charge in [-0.2, -0.15) is 0 Å². The van der Waals surface area contributed by atoms with Gasteiger partial charge in [-0.3, -0.25) is 4.79 Å².